The maximum absolute atomic E-state index is 12.9. The zero-order valence-electron chi connectivity index (χ0n) is 18.5. The number of aromatic amines is 1. The maximum Gasteiger partial charge on any atom is 0.243 e. The van der Waals surface area contributed by atoms with Crippen molar-refractivity contribution in [2.75, 3.05) is 26.3 Å². The standard InChI is InChI=1S/C24H22BrN5O3S2/c25-19-5-3-18(4-6-19)23-17-34-24(30(23)27-16-21-2-1-11-26-21)28-20-7-9-22(10-8-20)35(31,32)29-12-14-33-15-13-29/h1-11,16-17,26H,12-15H2. The smallest absolute Gasteiger partial charge is 0.243 e. The summed E-state index contributed by atoms with van der Waals surface area (Å²) in [5.41, 5.74) is 3.41. The fraction of sp³-hybridized carbons (Fsp3) is 0.167. The molecule has 0 aliphatic carbocycles. The molecule has 11 heteroatoms. The molecule has 4 aromatic rings. The average Bonchev–Trinajstić information content (AvgIpc) is 3.54. The molecule has 0 amide bonds. The molecule has 1 aliphatic rings. The number of benzene rings is 2. The third-order valence-corrected chi connectivity index (χ3v) is 8.69. The van der Waals surface area contributed by atoms with Gasteiger partial charge in [-0.05, 0) is 48.5 Å². The van der Waals surface area contributed by atoms with Crippen LogP contribution in [-0.2, 0) is 14.8 Å². The molecule has 0 unspecified atom stereocenters. The highest BCUT2D eigenvalue weighted by Crippen LogP contribution is 2.24. The van der Waals surface area contributed by atoms with E-state index in [1.165, 1.54) is 15.6 Å². The number of H-pyrrole nitrogens is 1. The highest BCUT2D eigenvalue weighted by atomic mass is 79.9. The first-order chi connectivity index (χ1) is 17.0. The number of sulfonamides is 1. The number of hydrogen-bond donors (Lipinski definition) is 1. The summed E-state index contributed by atoms with van der Waals surface area (Å²) in [6.07, 6.45) is 3.58. The number of nitrogens with one attached hydrogen (secondary N) is 1. The SMILES string of the molecule is O=S(=O)(c1ccc(N=c2scc(-c3ccc(Br)cc3)n2N=Cc2ccc[nH]2)cc1)N1CCOCC1. The molecule has 2 aromatic heterocycles. The number of nitrogens with zero attached hydrogens (tertiary/aromatic N) is 4. The second kappa shape index (κ2) is 10.4. The van der Waals surface area contributed by atoms with Gasteiger partial charge in [0.05, 0.1) is 41.4 Å². The van der Waals surface area contributed by atoms with Crippen molar-refractivity contribution >= 4 is 49.2 Å². The van der Waals surface area contributed by atoms with Crippen LogP contribution in [0.25, 0.3) is 11.3 Å². The maximum atomic E-state index is 12.9. The molecule has 180 valence electrons. The van der Waals surface area contributed by atoms with Gasteiger partial charge in [-0.3, -0.25) is 0 Å². The first-order valence-electron chi connectivity index (χ1n) is 10.9. The molecule has 1 fully saturated rings. The summed E-state index contributed by atoms with van der Waals surface area (Å²) in [5, 5.41) is 6.68. The van der Waals surface area contributed by atoms with E-state index in [1.54, 1.807) is 35.2 Å². The number of ether oxygens (including phenoxy) is 1. The Hall–Kier alpha value is -2.83. The molecule has 8 nitrogen and oxygen atoms in total. The number of morpholine rings is 1. The minimum atomic E-state index is -3.55. The summed E-state index contributed by atoms with van der Waals surface area (Å²) >= 11 is 4.94. The lowest BCUT2D eigenvalue weighted by molar-refractivity contribution is 0.0730. The molecular formula is C24H22BrN5O3S2. The predicted octanol–water partition coefficient (Wildman–Crippen LogP) is 4.44. The van der Waals surface area contributed by atoms with Crippen LogP contribution in [0.3, 0.4) is 0 Å². The van der Waals surface area contributed by atoms with E-state index < -0.39 is 10.0 Å². The first kappa shape index (κ1) is 23.9. The quantitative estimate of drug-likeness (QED) is 0.347. The Morgan fingerprint density at radius 3 is 2.46 bits per heavy atom. The van der Waals surface area contributed by atoms with Crippen LogP contribution in [0.1, 0.15) is 5.69 Å². The van der Waals surface area contributed by atoms with Crippen LogP contribution in [0.5, 0.6) is 0 Å². The molecule has 35 heavy (non-hydrogen) atoms. The van der Waals surface area contributed by atoms with Crippen LogP contribution in [0.15, 0.2) is 91.7 Å². The third-order valence-electron chi connectivity index (χ3n) is 5.43. The van der Waals surface area contributed by atoms with Crippen molar-refractivity contribution in [3.05, 3.63) is 87.2 Å². The number of halogens is 1. The summed E-state index contributed by atoms with van der Waals surface area (Å²) < 4.78 is 35.3. The second-order valence-corrected chi connectivity index (χ2v) is 11.4. The summed E-state index contributed by atoms with van der Waals surface area (Å²) in [5.74, 6) is 0. The van der Waals surface area contributed by atoms with Gasteiger partial charge >= 0.3 is 0 Å². The lowest BCUT2D eigenvalue weighted by Gasteiger charge is -2.26. The lowest BCUT2D eigenvalue weighted by Crippen LogP contribution is -2.40. The molecule has 0 radical (unpaired) electrons. The van der Waals surface area contributed by atoms with Gasteiger partial charge < -0.3 is 9.72 Å². The van der Waals surface area contributed by atoms with Gasteiger partial charge in [0.15, 0.2) is 0 Å². The highest BCUT2D eigenvalue weighted by Gasteiger charge is 2.26. The molecule has 0 saturated carbocycles. The van der Waals surface area contributed by atoms with Gasteiger partial charge in [0, 0.05) is 34.7 Å². The normalized spacial score (nSPS) is 15.7. The number of aromatic nitrogens is 2. The summed E-state index contributed by atoms with van der Waals surface area (Å²) in [6, 6.07) is 18.5. The van der Waals surface area contributed by atoms with Gasteiger partial charge in [-0.15, -0.1) is 11.3 Å². The van der Waals surface area contributed by atoms with E-state index in [1.807, 2.05) is 48.0 Å². The van der Waals surface area contributed by atoms with Gasteiger partial charge in [-0.2, -0.15) is 9.41 Å². The molecule has 2 aromatic carbocycles. The van der Waals surface area contributed by atoms with Crippen LogP contribution < -0.4 is 4.80 Å². The van der Waals surface area contributed by atoms with E-state index in [2.05, 4.69) is 26.0 Å². The molecule has 5 rings (SSSR count). The summed E-state index contributed by atoms with van der Waals surface area (Å²) in [6.45, 7) is 1.55. The number of thiazole rings is 1. The van der Waals surface area contributed by atoms with Gasteiger partial charge in [0.2, 0.25) is 14.8 Å². The van der Waals surface area contributed by atoms with Crippen molar-refractivity contribution in [1.29, 1.82) is 0 Å². The van der Waals surface area contributed by atoms with Gasteiger partial charge in [-0.1, -0.05) is 28.1 Å². The highest BCUT2D eigenvalue weighted by molar-refractivity contribution is 9.10. The van der Waals surface area contributed by atoms with E-state index in [9.17, 15) is 8.42 Å². The monoisotopic (exact) mass is 571 g/mol. The van der Waals surface area contributed by atoms with Crippen molar-refractivity contribution in [2.45, 2.75) is 4.90 Å². The van der Waals surface area contributed by atoms with Crippen molar-refractivity contribution in [2.24, 2.45) is 10.1 Å². The van der Waals surface area contributed by atoms with E-state index in [-0.39, 0.29) is 4.90 Å². The summed E-state index contributed by atoms with van der Waals surface area (Å²) in [4.78, 5) is 8.79. The number of rotatable bonds is 6. The van der Waals surface area contributed by atoms with Crippen LogP contribution in [0.2, 0.25) is 0 Å². The zero-order chi connectivity index (χ0) is 24.3. The van der Waals surface area contributed by atoms with Crippen LogP contribution in [-0.4, -0.2) is 54.9 Å². The molecular weight excluding hydrogens is 550 g/mol. The minimum Gasteiger partial charge on any atom is -0.379 e. The summed E-state index contributed by atoms with van der Waals surface area (Å²) in [7, 11) is -3.55. The molecule has 1 saturated heterocycles. The van der Waals surface area contributed by atoms with Crippen molar-refractivity contribution in [3.8, 4) is 11.3 Å². The molecule has 0 bridgehead atoms. The van der Waals surface area contributed by atoms with Crippen molar-refractivity contribution < 1.29 is 13.2 Å². The van der Waals surface area contributed by atoms with Crippen LogP contribution >= 0.6 is 27.3 Å². The van der Waals surface area contributed by atoms with Gasteiger partial charge in [0.1, 0.15) is 0 Å². The van der Waals surface area contributed by atoms with E-state index in [0.717, 1.165) is 21.4 Å². The zero-order valence-corrected chi connectivity index (χ0v) is 21.8. The minimum absolute atomic E-state index is 0.248. The Morgan fingerprint density at radius 1 is 1.03 bits per heavy atom. The Kier molecular flexibility index (Phi) is 7.12. The Balaban J connectivity index is 1.50. The average molecular weight is 573 g/mol. The lowest BCUT2D eigenvalue weighted by atomic mass is 10.2. The molecule has 0 spiro atoms. The van der Waals surface area contributed by atoms with Crippen molar-refractivity contribution in [3.63, 3.8) is 0 Å². The van der Waals surface area contributed by atoms with Crippen molar-refractivity contribution in [1.82, 2.24) is 14.0 Å². The largest absolute Gasteiger partial charge is 0.379 e. The van der Waals surface area contributed by atoms with E-state index in [4.69, 9.17) is 9.73 Å². The fourth-order valence-corrected chi connectivity index (χ4v) is 6.12. The Morgan fingerprint density at radius 2 is 1.77 bits per heavy atom. The first-order valence-corrected chi connectivity index (χ1v) is 14.0. The second-order valence-electron chi connectivity index (χ2n) is 7.71. The predicted molar refractivity (Wildman–Crippen MR) is 140 cm³/mol. The third kappa shape index (κ3) is 5.39. The van der Waals surface area contributed by atoms with Crippen LogP contribution in [0.4, 0.5) is 5.69 Å². The van der Waals surface area contributed by atoms with E-state index in [0.29, 0.717) is 36.8 Å². The number of hydrogen-bond acceptors (Lipinski definition) is 6. The van der Waals surface area contributed by atoms with Crippen LogP contribution in [0, 0.1) is 0 Å². The molecule has 3 heterocycles. The Bertz CT molecular complexity index is 1480. The van der Waals surface area contributed by atoms with E-state index >= 15 is 0 Å². The van der Waals surface area contributed by atoms with Gasteiger partial charge in [0.25, 0.3) is 0 Å². The fourth-order valence-electron chi connectivity index (χ4n) is 3.59. The molecule has 1 N–H and O–H groups in total. The topological polar surface area (TPSA) is 92.0 Å². The van der Waals surface area contributed by atoms with Gasteiger partial charge in [-0.25, -0.2) is 18.1 Å². The molecule has 0 atom stereocenters. The molecule has 1 aliphatic heterocycles. The Labute approximate surface area is 215 Å².